The lowest BCUT2D eigenvalue weighted by molar-refractivity contribution is -0.145. The van der Waals surface area contributed by atoms with E-state index >= 15 is 0 Å². The smallest absolute Gasteiger partial charge is 0.315 e. The van der Waals surface area contributed by atoms with Crippen molar-refractivity contribution in [2.45, 2.75) is 135 Å². The normalized spacial score (nSPS) is 23.7. The first-order valence-electron chi connectivity index (χ1n) is 17.8. The van der Waals surface area contributed by atoms with Crippen molar-refractivity contribution in [2.24, 2.45) is 22.7 Å². The van der Waals surface area contributed by atoms with Gasteiger partial charge in [0, 0.05) is 19.5 Å². The molecule has 2 saturated carbocycles. The number of urea groups is 1. The van der Waals surface area contributed by atoms with Gasteiger partial charge in [0.25, 0.3) is 5.91 Å². The van der Waals surface area contributed by atoms with Crippen molar-refractivity contribution in [3.63, 3.8) is 0 Å². The number of rotatable bonds is 14. The Hall–Kier alpha value is -3.40. The third kappa shape index (κ3) is 9.28. The molecular weight excluding hydrogens is 659 g/mol. The average molecular weight is 718 g/mol. The number of ketones is 1. The molecule has 13 heteroatoms. The highest BCUT2D eigenvalue weighted by Gasteiger charge is 2.70. The molecule has 5 atom stereocenters. The van der Waals surface area contributed by atoms with Gasteiger partial charge in [-0.2, -0.15) is 0 Å². The lowest BCUT2D eigenvalue weighted by Crippen LogP contribution is -2.64. The third-order valence-corrected chi connectivity index (χ3v) is 13.6. The zero-order valence-corrected chi connectivity index (χ0v) is 32.1. The molecule has 0 bridgehead atoms. The summed E-state index contributed by atoms with van der Waals surface area (Å²) in [6.45, 7) is 18.5. The molecule has 0 aromatic heterocycles. The molecule has 3 aliphatic rings. The van der Waals surface area contributed by atoms with Gasteiger partial charge in [-0.1, -0.05) is 60.0 Å². The highest BCUT2D eigenvalue weighted by atomic mass is 32.2. The molecule has 50 heavy (non-hydrogen) atoms. The number of carbonyl (C=O) groups excluding carboxylic acids is 5. The highest BCUT2D eigenvalue weighted by molar-refractivity contribution is 7.92. The first kappa shape index (κ1) is 41.0. The predicted octanol–water partition coefficient (Wildman–Crippen LogP) is 3.26. The van der Waals surface area contributed by atoms with E-state index in [1.807, 2.05) is 34.6 Å². The van der Waals surface area contributed by atoms with E-state index in [4.69, 9.17) is 6.42 Å². The van der Waals surface area contributed by atoms with Crippen molar-refractivity contribution < 1.29 is 32.4 Å². The van der Waals surface area contributed by atoms with Crippen LogP contribution in [0.2, 0.25) is 0 Å². The molecule has 280 valence electrons. The van der Waals surface area contributed by atoms with Gasteiger partial charge in [-0.25, -0.2) is 13.2 Å². The number of Topliss-reactive ketones (excluding diaryl/α,β-unsaturated/α-hetero) is 1. The van der Waals surface area contributed by atoms with Crippen LogP contribution in [-0.2, 0) is 29.0 Å². The molecule has 1 saturated heterocycles. The molecule has 2 aliphatic carbocycles. The van der Waals surface area contributed by atoms with Crippen LogP contribution in [0.25, 0.3) is 0 Å². The Balaban J connectivity index is 1.86. The fourth-order valence-corrected chi connectivity index (χ4v) is 8.96. The SMILES string of the molecule is C#CCCC(NC(=O)C1C2C(CN1C(=O)[C@@H](NC(=O)NC1(CS(=O)(=O)C(C)(C)C)CCCCC1)C(C)(C)C)C2(C)C)C(=O)C(=O)NCCC=C. The first-order chi connectivity index (χ1) is 23.0. The molecule has 1 heterocycles. The van der Waals surface area contributed by atoms with E-state index in [2.05, 4.69) is 33.8 Å². The maximum atomic E-state index is 14.4. The first-order valence-corrected chi connectivity index (χ1v) is 19.5. The van der Waals surface area contributed by atoms with Crippen molar-refractivity contribution >= 4 is 39.4 Å². The van der Waals surface area contributed by atoms with Gasteiger partial charge in [0.2, 0.25) is 17.6 Å². The van der Waals surface area contributed by atoms with Gasteiger partial charge >= 0.3 is 6.03 Å². The summed E-state index contributed by atoms with van der Waals surface area (Å²) in [5.41, 5.74) is -2.00. The van der Waals surface area contributed by atoms with Crippen LogP contribution in [0.1, 0.15) is 107 Å². The summed E-state index contributed by atoms with van der Waals surface area (Å²) >= 11 is 0. The third-order valence-electron chi connectivity index (χ3n) is 10.8. The second-order valence-electron chi connectivity index (χ2n) is 17.0. The summed E-state index contributed by atoms with van der Waals surface area (Å²) in [7, 11) is -3.58. The number of likely N-dealkylation sites (tertiary alicyclic amines) is 1. The van der Waals surface area contributed by atoms with Crippen LogP contribution in [0, 0.1) is 35.0 Å². The summed E-state index contributed by atoms with van der Waals surface area (Å²) in [5.74, 6) is -0.604. The zero-order valence-electron chi connectivity index (χ0n) is 31.2. The molecule has 4 unspecified atom stereocenters. The van der Waals surface area contributed by atoms with E-state index < -0.39 is 73.2 Å². The van der Waals surface area contributed by atoms with Crippen LogP contribution in [0.4, 0.5) is 4.79 Å². The Labute approximate surface area is 299 Å². The van der Waals surface area contributed by atoms with Crippen molar-refractivity contribution in [3.8, 4) is 12.3 Å². The van der Waals surface area contributed by atoms with Crippen molar-refractivity contribution in [3.05, 3.63) is 12.7 Å². The lowest BCUT2D eigenvalue weighted by atomic mass is 9.83. The van der Waals surface area contributed by atoms with Crippen molar-refractivity contribution in [1.82, 2.24) is 26.2 Å². The number of sulfone groups is 1. The monoisotopic (exact) mass is 717 g/mol. The molecule has 12 nitrogen and oxygen atoms in total. The summed E-state index contributed by atoms with van der Waals surface area (Å²) in [4.78, 5) is 69.5. The van der Waals surface area contributed by atoms with Crippen LogP contribution in [0.15, 0.2) is 12.7 Å². The molecule has 1 aliphatic heterocycles. The molecule has 0 aromatic rings. The average Bonchev–Trinajstić information content (AvgIpc) is 3.31. The van der Waals surface area contributed by atoms with E-state index in [0.29, 0.717) is 19.3 Å². The van der Waals surface area contributed by atoms with Crippen LogP contribution >= 0.6 is 0 Å². The largest absolute Gasteiger partial charge is 0.349 e. The number of hydrogen-bond acceptors (Lipinski definition) is 7. The minimum absolute atomic E-state index is 0.0202. The number of amides is 5. The quantitative estimate of drug-likeness (QED) is 0.0925. The zero-order chi connectivity index (χ0) is 37.9. The summed E-state index contributed by atoms with van der Waals surface area (Å²) in [5, 5.41) is 11.1. The number of carbonyl (C=O) groups is 5. The Bertz CT molecular complexity index is 1480. The highest BCUT2D eigenvalue weighted by Crippen LogP contribution is 2.65. The van der Waals surface area contributed by atoms with Gasteiger partial charge in [0.05, 0.1) is 22.1 Å². The second-order valence-corrected chi connectivity index (χ2v) is 19.7. The van der Waals surface area contributed by atoms with E-state index in [1.165, 1.54) is 4.90 Å². The van der Waals surface area contributed by atoms with Gasteiger partial charge in [-0.3, -0.25) is 19.2 Å². The molecule has 3 rings (SSSR count). The van der Waals surface area contributed by atoms with Gasteiger partial charge in [-0.15, -0.1) is 18.9 Å². The summed E-state index contributed by atoms with van der Waals surface area (Å²) in [6, 6.07) is -3.83. The fourth-order valence-electron chi connectivity index (χ4n) is 7.44. The van der Waals surface area contributed by atoms with Crippen LogP contribution < -0.4 is 21.3 Å². The minimum atomic E-state index is -3.58. The van der Waals surface area contributed by atoms with E-state index in [1.54, 1.807) is 26.8 Å². The number of nitrogens with zero attached hydrogens (tertiary/aromatic N) is 1. The number of fused-ring (bicyclic) bond motifs is 1. The summed E-state index contributed by atoms with van der Waals surface area (Å²) in [6.07, 6.45) is 11.2. The predicted molar refractivity (Wildman–Crippen MR) is 193 cm³/mol. The van der Waals surface area contributed by atoms with Crippen molar-refractivity contribution in [2.75, 3.05) is 18.8 Å². The van der Waals surface area contributed by atoms with E-state index in [0.717, 1.165) is 19.3 Å². The van der Waals surface area contributed by atoms with Gasteiger partial charge < -0.3 is 26.2 Å². The fraction of sp³-hybridized carbons (Fsp3) is 0.757. The molecule has 0 spiro atoms. The molecule has 5 amide bonds. The molecular formula is C37H59N5O7S. The number of terminal acetylenes is 1. The van der Waals surface area contributed by atoms with Crippen LogP contribution in [-0.4, -0.2) is 90.1 Å². The Morgan fingerprint density at radius 2 is 1.64 bits per heavy atom. The molecule has 0 radical (unpaired) electrons. The van der Waals surface area contributed by atoms with Gasteiger partial charge in [0.15, 0.2) is 9.84 Å². The van der Waals surface area contributed by atoms with Gasteiger partial charge in [-0.05, 0) is 69.1 Å². The van der Waals surface area contributed by atoms with Crippen LogP contribution in [0.3, 0.4) is 0 Å². The topological polar surface area (TPSA) is 171 Å². The lowest BCUT2D eigenvalue weighted by Gasteiger charge is -2.41. The van der Waals surface area contributed by atoms with Gasteiger partial charge in [0.1, 0.15) is 12.1 Å². The standard InChI is InChI=1S/C37H59N5O7S/c1-11-13-18-25(28(43)31(45)38-21-14-12-2)39-30(44)27-26-24(36(26,9)10)22-42(27)32(46)29(34(3,4)5)40-33(47)41-37(19-16-15-17-20-37)23-50(48,49)35(6,7)8/h1,12,24-27,29H,2,13-23H2,3-10H3,(H,38,45)(H,39,44)(H2,40,41,47)/t24?,25?,26?,27?,29-/m1/s1. The van der Waals surface area contributed by atoms with E-state index in [-0.39, 0.29) is 48.9 Å². The summed E-state index contributed by atoms with van der Waals surface area (Å²) < 4.78 is 25.6. The molecule has 3 fully saturated rings. The number of piperidine rings is 1. The second kappa shape index (κ2) is 15.5. The maximum Gasteiger partial charge on any atom is 0.315 e. The minimum Gasteiger partial charge on any atom is -0.349 e. The maximum absolute atomic E-state index is 14.4. The Morgan fingerprint density at radius 1 is 1.02 bits per heavy atom. The molecule has 4 N–H and O–H groups in total. The molecule has 0 aromatic carbocycles. The van der Waals surface area contributed by atoms with Crippen LogP contribution in [0.5, 0.6) is 0 Å². The van der Waals surface area contributed by atoms with E-state index in [9.17, 15) is 32.4 Å². The number of nitrogens with one attached hydrogen (secondary N) is 4. The Kier molecular flexibility index (Phi) is 12.7. The number of hydrogen-bond donors (Lipinski definition) is 4. The van der Waals surface area contributed by atoms with Crippen molar-refractivity contribution in [1.29, 1.82) is 0 Å². The Morgan fingerprint density at radius 3 is 2.18 bits per heavy atom.